The summed E-state index contributed by atoms with van der Waals surface area (Å²) in [5.41, 5.74) is 0.497. The van der Waals surface area contributed by atoms with Crippen molar-refractivity contribution < 1.29 is 14.6 Å². The summed E-state index contributed by atoms with van der Waals surface area (Å²) < 4.78 is 6.61. The number of thiocarbonyl (C=S) groups is 1. The van der Waals surface area contributed by atoms with Crippen molar-refractivity contribution in [2.75, 3.05) is 13.2 Å². The molecule has 1 aliphatic rings. The van der Waals surface area contributed by atoms with Gasteiger partial charge in [0.1, 0.15) is 4.32 Å². The molecular weight excluding hydrogens is 386 g/mol. The van der Waals surface area contributed by atoms with Gasteiger partial charge in [-0.1, -0.05) is 46.0 Å². The van der Waals surface area contributed by atoms with Crippen molar-refractivity contribution in [1.82, 2.24) is 4.90 Å². The monoisotopic (exact) mass is 399 g/mol. The minimum absolute atomic E-state index is 0.000890. The van der Waals surface area contributed by atoms with Crippen LogP contribution in [0.3, 0.4) is 0 Å². The molecule has 1 aromatic carbocycles. The molecule has 0 spiro atoms. The van der Waals surface area contributed by atoms with Crippen LogP contribution in [0, 0.1) is 0 Å². The van der Waals surface area contributed by atoms with Crippen molar-refractivity contribution >= 4 is 56.2 Å². The summed E-state index contributed by atoms with van der Waals surface area (Å²) in [4.78, 5) is 14.2. The average molecular weight is 400 g/mol. The number of carbonyl (C=O) groups is 1. The van der Waals surface area contributed by atoms with Crippen LogP contribution in [0.5, 0.6) is 11.5 Å². The molecule has 22 heavy (non-hydrogen) atoms. The summed E-state index contributed by atoms with van der Waals surface area (Å²) in [5, 5.41) is 10.3. The highest BCUT2D eigenvalue weighted by Gasteiger charge is 2.31. The first-order valence-electron chi connectivity index (χ1n) is 6.49. The molecule has 7 heteroatoms. The zero-order valence-corrected chi connectivity index (χ0v) is 15.1. The molecule has 0 unspecified atom stereocenters. The zero-order chi connectivity index (χ0) is 16.3. The number of hydrogen-bond acceptors (Lipinski definition) is 5. The molecule has 0 atom stereocenters. The Morgan fingerprint density at radius 2 is 2.27 bits per heavy atom. The number of phenolic OH excluding ortho intramolecular Hbond substituents is 1. The molecule has 1 heterocycles. The van der Waals surface area contributed by atoms with Crippen LogP contribution in [0.15, 0.2) is 34.2 Å². The van der Waals surface area contributed by atoms with Crippen LogP contribution in [0.25, 0.3) is 6.08 Å². The van der Waals surface area contributed by atoms with Gasteiger partial charge in [-0.15, -0.1) is 6.58 Å². The van der Waals surface area contributed by atoms with Gasteiger partial charge in [-0.3, -0.25) is 9.69 Å². The Bertz CT molecular complexity index is 673. The van der Waals surface area contributed by atoms with Crippen molar-refractivity contribution in [3.8, 4) is 11.5 Å². The predicted molar refractivity (Wildman–Crippen MR) is 97.1 cm³/mol. The highest BCUT2D eigenvalue weighted by atomic mass is 79.9. The highest BCUT2D eigenvalue weighted by molar-refractivity contribution is 9.10. The lowest BCUT2D eigenvalue weighted by molar-refractivity contribution is -0.121. The van der Waals surface area contributed by atoms with E-state index in [0.717, 1.165) is 4.47 Å². The standard InChI is InChI=1S/C15H14BrNO3S2/c1-3-5-17-14(19)12(22-15(17)21)7-9-6-10(16)8-11(13(9)18)20-4-2/h3,6-8,18H,1,4-5H2,2H3. The predicted octanol–water partition coefficient (Wildman–Crippen LogP) is 3.94. The second kappa shape index (κ2) is 7.30. The molecule has 2 rings (SSSR count). The minimum atomic E-state index is -0.188. The van der Waals surface area contributed by atoms with E-state index >= 15 is 0 Å². The lowest BCUT2D eigenvalue weighted by Crippen LogP contribution is -2.27. The number of halogens is 1. The summed E-state index contributed by atoms with van der Waals surface area (Å²) in [6, 6.07) is 3.40. The average Bonchev–Trinajstić information content (AvgIpc) is 2.72. The Balaban J connectivity index is 2.39. The van der Waals surface area contributed by atoms with Gasteiger partial charge in [-0.2, -0.15) is 0 Å². The molecule has 1 fully saturated rings. The first-order valence-corrected chi connectivity index (χ1v) is 8.51. The summed E-state index contributed by atoms with van der Waals surface area (Å²) in [6.45, 7) is 6.26. The molecule has 4 nitrogen and oxygen atoms in total. The second-order valence-electron chi connectivity index (χ2n) is 4.36. The fraction of sp³-hybridized carbons (Fsp3) is 0.200. The molecule has 0 bridgehead atoms. The largest absolute Gasteiger partial charge is 0.504 e. The number of nitrogens with zero attached hydrogens (tertiary/aromatic N) is 1. The Morgan fingerprint density at radius 3 is 2.91 bits per heavy atom. The van der Waals surface area contributed by atoms with Gasteiger partial charge in [-0.05, 0) is 25.1 Å². The van der Waals surface area contributed by atoms with E-state index in [0.29, 0.717) is 33.7 Å². The molecule has 1 saturated heterocycles. The van der Waals surface area contributed by atoms with Crippen molar-refractivity contribution in [2.45, 2.75) is 6.92 Å². The molecule has 1 aromatic rings. The van der Waals surface area contributed by atoms with E-state index < -0.39 is 0 Å². The van der Waals surface area contributed by atoms with Crippen molar-refractivity contribution in [3.05, 3.63) is 39.7 Å². The van der Waals surface area contributed by atoms with Gasteiger partial charge in [0.05, 0.1) is 11.5 Å². The normalized spacial score (nSPS) is 16.5. The number of hydrogen-bond donors (Lipinski definition) is 1. The molecule has 1 amide bonds. The maximum absolute atomic E-state index is 12.3. The fourth-order valence-electron chi connectivity index (χ4n) is 1.90. The van der Waals surface area contributed by atoms with Gasteiger partial charge in [0.15, 0.2) is 11.5 Å². The summed E-state index contributed by atoms with van der Waals surface area (Å²) >= 11 is 9.76. The lowest BCUT2D eigenvalue weighted by atomic mass is 10.1. The van der Waals surface area contributed by atoms with E-state index in [2.05, 4.69) is 22.5 Å². The molecule has 1 N–H and O–H groups in total. The SMILES string of the molecule is C=CCN1C(=O)C(=Cc2cc(Br)cc(OCC)c2O)SC1=S. The maximum atomic E-state index is 12.3. The number of rotatable bonds is 5. The molecule has 0 aromatic heterocycles. The summed E-state index contributed by atoms with van der Waals surface area (Å²) in [6.07, 6.45) is 3.24. The van der Waals surface area contributed by atoms with Crippen molar-refractivity contribution in [1.29, 1.82) is 0 Å². The van der Waals surface area contributed by atoms with Crippen molar-refractivity contribution in [2.24, 2.45) is 0 Å². The van der Waals surface area contributed by atoms with Crippen LogP contribution < -0.4 is 4.74 Å². The first kappa shape index (κ1) is 17.1. The van der Waals surface area contributed by atoms with Gasteiger partial charge >= 0.3 is 0 Å². The summed E-state index contributed by atoms with van der Waals surface area (Å²) in [7, 11) is 0. The lowest BCUT2D eigenvalue weighted by Gasteiger charge is -2.11. The van der Waals surface area contributed by atoms with E-state index in [1.54, 1.807) is 24.3 Å². The quantitative estimate of drug-likeness (QED) is 0.461. The molecule has 0 radical (unpaired) electrons. The van der Waals surface area contributed by atoms with E-state index in [-0.39, 0.29) is 11.7 Å². The van der Waals surface area contributed by atoms with Crippen LogP contribution >= 0.6 is 39.9 Å². The number of thioether (sulfide) groups is 1. The van der Waals surface area contributed by atoms with E-state index in [4.69, 9.17) is 17.0 Å². The Labute approximate surface area is 147 Å². The smallest absolute Gasteiger partial charge is 0.266 e. The van der Waals surface area contributed by atoms with Gasteiger partial charge < -0.3 is 9.84 Å². The number of ether oxygens (including phenoxy) is 1. The van der Waals surface area contributed by atoms with Crippen LogP contribution in [-0.4, -0.2) is 33.4 Å². The number of aromatic hydroxyl groups is 1. The van der Waals surface area contributed by atoms with Gasteiger partial charge in [0.25, 0.3) is 5.91 Å². The molecule has 116 valence electrons. The Morgan fingerprint density at radius 1 is 1.55 bits per heavy atom. The number of phenols is 1. The molecule has 1 aliphatic heterocycles. The molecule has 0 aliphatic carbocycles. The number of amides is 1. The first-order chi connectivity index (χ1) is 10.5. The van der Waals surface area contributed by atoms with Gasteiger partial charge in [-0.25, -0.2) is 0 Å². The molecular formula is C15H14BrNO3S2. The highest BCUT2D eigenvalue weighted by Crippen LogP contribution is 2.38. The third-order valence-corrected chi connectivity index (χ3v) is 4.68. The topological polar surface area (TPSA) is 49.8 Å². The van der Waals surface area contributed by atoms with Gasteiger partial charge in [0.2, 0.25) is 0 Å². The van der Waals surface area contributed by atoms with Crippen LogP contribution in [-0.2, 0) is 4.79 Å². The minimum Gasteiger partial charge on any atom is -0.504 e. The third-order valence-electron chi connectivity index (χ3n) is 2.84. The van der Waals surface area contributed by atoms with E-state index in [1.165, 1.54) is 16.7 Å². The Kier molecular flexibility index (Phi) is 5.66. The fourth-order valence-corrected chi connectivity index (χ4v) is 3.62. The van der Waals surface area contributed by atoms with Crippen LogP contribution in [0.1, 0.15) is 12.5 Å². The van der Waals surface area contributed by atoms with E-state index in [9.17, 15) is 9.90 Å². The number of benzene rings is 1. The molecule has 0 saturated carbocycles. The summed E-state index contributed by atoms with van der Waals surface area (Å²) in [5.74, 6) is 0.177. The van der Waals surface area contributed by atoms with Crippen LogP contribution in [0.4, 0.5) is 0 Å². The van der Waals surface area contributed by atoms with E-state index in [1.807, 2.05) is 6.92 Å². The Hall–Kier alpha value is -1.31. The van der Waals surface area contributed by atoms with Gasteiger partial charge in [0, 0.05) is 16.6 Å². The maximum Gasteiger partial charge on any atom is 0.266 e. The third kappa shape index (κ3) is 3.53. The van der Waals surface area contributed by atoms with Crippen LogP contribution in [0.2, 0.25) is 0 Å². The second-order valence-corrected chi connectivity index (χ2v) is 6.95. The number of carbonyl (C=O) groups excluding carboxylic acids is 1. The zero-order valence-electron chi connectivity index (χ0n) is 11.8. The van der Waals surface area contributed by atoms with Crippen molar-refractivity contribution in [3.63, 3.8) is 0 Å².